The monoisotopic (exact) mass is 168 g/mol. The van der Waals surface area contributed by atoms with Crippen molar-refractivity contribution in [2.24, 2.45) is 5.84 Å². The molecule has 0 aliphatic heterocycles. The normalized spacial score (nSPS) is 9.58. The molecule has 0 aliphatic carbocycles. The maximum absolute atomic E-state index is 8.48. The highest BCUT2D eigenvalue weighted by molar-refractivity contribution is 5.53. The number of nitrogens with two attached hydrogens (primary N) is 1. The molecular formula is C8H12N2O2. The van der Waals surface area contributed by atoms with Crippen molar-refractivity contribution in [1.29, 1.82) is 0 Å². The zero-order valence-electron chi connectivity index (χ0n) is 6.87. The van der Waals surface area contributed by atoms with Crippen molar-refractivity contribution in [3.05, 3.63) is 23.8 Å². The number of hydrogen-bond donors (Lipinski definition) is 3. The first-order chi connectivity index (χ1) is 5.77. The van der Waals surface area contributed by atoms with Crippen molar-refractivity contribution in [2.75, 3.05) is 12.2 Å². The molecule has 4 N–H and O–H groups in total. The van der Waals surface area contributed by atoms with Gasteiger partial charge in [0.25, 0.3) is 0 Å². The summed E-state index contributed by atoms with van der Waals surface area (Å²) in [5.74, 6) is 5.84. The number of aryl methyl sites for hydroxylation is 1. The molecule has 1 rings (SSSR count). The van der Waals surface area contributed by atoms with Crippen molar-refractivity contribution in [3.63, 3.8) is 0 Å². The smallest absolute Gasteiger partial charge is 0.186 e. The molecule has 66 valence electrons. The standard InChI is InChI=1S/C8H12N2O2/c1-6-2-3-7(12-5-11)4-8(6)10-9/h2-4,10-11H,5,9H2,1H3. The number of rotatable bonds is 3. The van der Waals surface area contributed by atoms with E-state index in [4.69, 9.17) is 15.7 Å². The fraction of sp³-hybridized carbons (Fsp3) is 0.250. The first-order valence-corrected chi connectivity index (χ1v) is 3.59. The van der Waals surface area contributed by atoms with E-state index in [9.17, 15) is 0 Å². The molecule has 0 saturated heterocycles. The lowest BCUT2D eigenvalue weighted by atomic mass is 10.2. The third-order valence-corrected chi connectivity index (χ3v) is 1.60. The highest BCUT2D eigenvalue weighted by Crippen LogP contribution is 2.20. The second kappa shape index (κ2) is 3.94. The van der Waals surface area contributed by atoms with Gasteiger partial charge in [0.2, 0.25) is 0 Å². The molecule has 4 nitrogen and oxygen atoms in total. The van der Waals surface area contributed by atoms with Gasteiger partial charge in [-0.15, -0.1) is 0 Å². The molecule has 0 bridgehead atoms. The molecule has 0 amide bonds. The Morgan fingerprint density at radius 2 is 2.33 bits per heavy atom. The Bertz CT molecular complexity index is 263. The maximum atomic E-state index is 8.48. The Balaban J connectivity index is 2.89. The molecule has 0 atom stereocenters. The number of ether oxygens (including phenoxy) is 1. The van der Waals surface area contributed by atoms with Crippen LogP contribution in [-0.4, -0.2) is 11.9 Å². The molecule has 1 aromatic rings. The molecule has 0 spiro atoms. The van der Waals surface area contributed by atoms with Crippen molar-refractivity contribution >= 4 is 5.69 Å². The summed E-state index contributed by atoms with van der Waals surface area (Å²) in [5.41, 5.74) is 4.36. The highest BCUT2D eigenvalue weighted by atomic mass is 16.6. The Labute approximate surface area is 70.9 Å². The second-order valence-electron chi connectivity index (χ2n) is 2.39. The first kappa shape index (κ1) is 8.83. The van der Waals surface area contributed by atoms with E-state index >= 15 is 0 Å². The lowest BCUT2D eigenvalue weighted by molar-refractivity contribution is 0.0986. The molecule has 0 aromatic heterocycles. The summed E-state index contributed by atoms with van der Waals surface area (Å²) in [6.45, 7) is 1.60. The summed E-state index contributed by atoms with van der Waals surface area (Å²) >= 11 is 0. The lowest BCUT2D eigenvalue weighted by Gasteiger charge is -2.07. The summed E-state index contributed by atoms with van der Waals surface area (Å²) in [4.78, 5) is 0. The summed E-state index contributed by atoms with van der Waals surface area (Å²) in [6.07, 6.45) is 0. The van der Waals surface area contributed by atoms with Gasteiger partial charge in [0, 0.05) is 6.07 Å². The summed E-state index contributed by atoms with van der Waals surface area (Å²) < 4.78 is 4.86. The molecular weight excluding hydrogens is 156 g/mol. The highest BCUT2D eigenvalue weighted by Gasteiger charge is 1.98. The number of benzene rings is 1. The van der Waals surface area contributed by atoms with Gasteiger partial charge in [-0.25, -0.2) is 0 Å². The fourth-order valence-electron chi connectivity index (χ4n) is 0.921. The molecule has 0 aliphatic rings. The zero-order chi connectivity index (χ0) is 8.97. The lowest BCUT2D eigenvalue weighted by Crippen LogP contribution is -2.08. The van der Waals surface area contributed by atoms with Gasteiger partial charge in [-0.1, -0.05) is 6.07 Å². The van der Waals surface area contributed by atoms with Gasteiger partial charge in [0.15, 0.2) is 6.79 Å². The molecule has 0 fully saturated rings. The Morgan fingerprint density at radius 3 is 2.92 bits per heavy atom. The Kier molecular flexibility index (Phi) is 2.90. The van der Waals surface area contributed by atoms with Crippen LogP contribution in [0.1, 0.15) is 5.56 Å². The molecule has 12 heavy (non-hydrogen) atoms. The van der Waals surface area contributed by atoms with E-state index in [0.717, 1.165) is 11.3 Å². The van der Waals surface area contributed by atoms with E-state index in [0.29, 0.717) is 5.75 Å². The van der Waals surface area contributed by atoms with Crippen LogP contribution in [0.25, 0.3) is 0 Å². The SMILES string of the molecule is Cc1ccc(OCO)cc1NN. The van der Waals surface area contributed by atoms with Gasteiger partial charge >= 0.3 is 0 Å². The number of aliphatic hydroxyl groups excluding tert-OH is 1. The third-order valence-electron chi connectivity index (χ3n) is 1.60. The van der Waals surface area contributed by atoms with Gasteiger partial charge in [-0.2, -0.15) is 0 Å². The third kappa shape index (κ3) is 1.87. The number of nitrogen functional groups attached to an aromatic ring is 1. The van der Waals surface area contributed by atoms with Crippen LogP contribution in [0.2, 0.25) is 0 Å². The molecule has 0 heterocycles. The van der Waals surface area contributed by atoms with Gasteiger partial charge in [-0.05, 0) is 18.6 Å². The van der Waals surface area contributed by atoms with Crippen LogP contribution in [0.3, 0.4) is 0 Å². The van der Waals surface area contributed by atoms with Crippen LogP contribution < -0.4 is 16.0 Å². The Hall–Kier alpha value is -1.26. The maximum Gasteiger partial charge on any atom is 0.186 e. The summed E-state index contributed by atoms with van der Waals surface area (Å²) in [7, 11) is 0. The molecule has 1 aromatic carbocycles. The quantitative estimate of drug-likeness (QED) is 0.351. The average Bonchev–Trinajstić information content (AvgIpc) is 2.09. The molecule has 0 radical (unpaired) electrons. The van der Waals surface area contributed by atoms with Crippen molar-refractivity contribution in [1.82, 2.24) is 0 Å². The van der Waals surface area contributed by atoms with Crippen LogP contribution in [-0.2, 0) is 0 Å². The number of hydrogen-bond acceptors (Lipinski definition) is 4. The van der Waals surface area contributed by atoms with E-state index < -0.39 is 0 Å². The predicted octanol–water partition coefficient (Wildman–Crippen LogP) is 0.609. The minimum absolute atomic E-state index is 0.326. The van der Waals surface area contributed by atoms with Crippen LogP contribution >= 0.6 is 0 Å². The predicted molar refractivity (Wildman–Crippen MR) is 46.7 cm³/mol. The van der Waals surface area contributed by atoms with E-state index in [1.165, 1.54) is 0 Å². The van der Waals surface area contributed by atoms with Gasteiger partial charge in [0.05, 0.1) is 5.69 Å². The number of anilines is 1. The largest absolute Gasteiger partial charge is 0.468 e. The van der Waals surface area contributed by atoms with E-state index in [1.807, 2.05) is 13.0 Å². The van der Waals surface area contributed by atoms with E-state index in [1.54, 1.807) is 12.1 Å². The van der Waals surface area contributed by atoms with Crippen LogP contribution in [0.15, 0.2) is 18.2 Å². The Morgan fingerprint density at radius 1 is 1.58 bits per heavy atom. The summed E-state index contributed by atoms with van der Waals surface area (Å²) in [5, 5.41) is 8.48. The molecule has 4 heteroatoms. The van der Waals surface area contributed by atoms with Gasteiger partial charge in [-0.3, -0.25) is 5.84 Å². The van der Waals surface area contributed by atoms with Crippen LogP contribution in [0.5, 0.6) is 5.75 Å². The topological polar surface area (TPSA) is 67.5 Å². The summed E-state index contributed by atoms with van der Waals surface area (Å²) in [6, 6.07) is 5.36. The average molecular weight is 168 g/mol. The van der Waals surface area contributed by atoms with Crippen LogP contribution in [0, 0.1) is 6.92 Å². The van der Waals surface area contributed by atoms with Crippen molar-refractivity contribution in [3.8, 4) is 5.75 Å². The van der Waals surface area contributed by atoms with Gasteiger partial charge < -0.3 is 15.3 Å². The van der Waals surface area contributed by atoms with Crippen molar-refractivity contribution in [2.45, 2.75) is 6.92 Å². The van der Waals surface area contributed by atoms with E-state index in [2.05, 4.69) is 5.43 Å². The minimum atomic E-state index is -0.326. The fourth-order valence-corrected chi connectivity index (χ4v) is 0.921. The number of aliphatic hydroxyl groups is 1. The zero-order valence-corrected chi connectivity index (χ0v) is 6.87. The van der Waals surface area contributed by atoms with E-state index in [-0.39, 0.29) is 6.79 Å². The van der Waals surface area contributed by atoms with Gasteiger partial charge in [0.1, 0.15) is 5.75 Å². The van der Waals surface area contributed by atoms with Crippen molar-refractivity contribution < 1.29 is 9.84 Å². The minimum Gasteiger partial charge on any atom is -0.468 e. The number of hydrazine groups is 1. The molecule has 0 saturated carbocycles. The molecule has 0 unspecified atom stereocenters. The van der Waals surface area contributed by atoms with Crippen LogP contribution in [0.4, 0.5) is 5.69 Å². The number of nitrogens with one attached hydrogen (secondary N) is 1. The first-order valence-electron chi connectivity index (χ1n) is 3.59. The second-order valence-corrected chi connectivity index (χ2v) is 2.39.